The van der Waals surface area contributed by atoms with Crippen molar-refractivity contribution in [2.75, 3.05) is 0 Å². The maximum absolute atomic E-state index is 12.5. The number of fused-ring (bicyclic) bond motifs is 10. The molecule has 10 rings (SSSR count). The van der Waals surface area contributed by atoms with E-state index in [4.69, 9.17) is 0 Å². The molecular weight excluding hydrogens is 336 g/mol. The van der Waals surface area contributed by atoms with Crippen LogP contribution in [0, 0.1) is 0 Å². The van der Waals surface area contributed by atoms with Crippen LogP contribution in [0.3, 0.4) is 0 Å². The molecule has 0 amide bonds. The van der Waals surface area contributed by atoms with Crippen molar-refractivity contribution in [3.8, 4) is 0 Å². The third kappa shape index (κ3) is 0.170. The standard InChI is InChI=1S/C17H27O.C5H5.Fe/c1-2-3-4-5-6-7-8-9-10-12-16-13-11-14-17(16)15-18;1-2-4-5-3-1;/h11,13-15H,2-10,12H2,1H3;1-5H;. The molecule has 0 aliphatic carbocycles. The van der Waals surface area contributed by atoms with E-state index in [0.29, 0.717) is 4.31 Å². The molecule has 1 nitrogen and oxygen atoms in total. The van der Waals surface area contributed by atoms with Gasteiger partial charge in [-0.05, 0) is 0 Å². The summed E-state index contributed by atoms with van der Waals surface area (Å²) in [5.74, 6) is 0. The summed E-state index contributed by atoms with van der Waals surface area (Å²) in [6, 6.07) is 0. The first kappa shape index (κ1) is 11.8. The zero-order valence-corrected chi connectivity index (χ0v) is 16.1. The zero-order chi connectivity index (χ0) is 15.7. The Morgan fingerprint density at radius 3 is 1.71 bits per heavy atom. The predicted octanol–water partition coefficient (Wildman–Crippen LogP) is 7.24. The molecule has 2 heteroatoms. The van der Waals surface area contributed by atoms with Gasteiger partial charge in [0.25, 0.3) is 0 Å². The van der Waals surface area contributed by atoms with Crippen molar-refractivity contribution in [2.24, 2.45) is 0 Å². The van der Waals surface area contributed by atoms with Gasteiger partial charge >= 0.3 is 136 Å². The van der Waals surface area contributed by atoms with Crippen LogP contribution in [0.25, 0.3) is 0 Å². The molecule has 0 radical (unpaired) electrons. The number of hydrogen-bond acceptors (Lipinski definition) is 1. The van der Waals surface area contributed by atoms with E-state index in [1.165, 1.54) is 91.5 Å². The first-order valence-corrected chi connectivity index (χ1v) is 17.4. The summed E-state index contributed by atoms with van der Waals surface area (Å²) in [5, 5.41) is 0. The third-order valence-electron chi connectivity index (χ3n) is 18.1. The van der Waals surface area contributed by atoms with Gasteiger partial charge in [-0.25, -0.2) is 0 Å². The van der Waals surface area contributed by atoms with Crippen molar-refractivity contribution in [1.29, 1.82) is 0 Å². The summed E-state index contributed by atoms with van der Waals surface area (Å²) in [4.78, 5) is 22.7. The fourth-order valence-electron chi connectivity index (χ4n) is 19.9. The Morgan fingerprint density at radius 2 is 1.29 bits per heavy atom. The van der Waals surface area contributed by atoms with Crippen LogP contribution in [0.15, 0.2) is 0 Å². The topological polar surface area (TPSA) is 17.1 Å². The fraction of sp³-hybridized carbons (Fsp3) is 0.955. The summed E-state index contributed by atoms with van der Waals surface area (Å²) < 4.78 is 1.31. The Morgan fingerprint density at radius 1 is 0.750 bits per heavy atom. The van der Waals surface area contributed by atoms with E-state index in [1.807, 2.05) is 0 Å². The number of unbranched alkanes of at least 4 members (excludes halogenated alkanes) is 8. The molecule has 1 spiro atoms. The first-order valence-electron chi connectivity index (χ1n) is 11.2. The van der Waals surface area contributed by atoms with Gasteiger partial charge in [-0.1, -0.05) is 0 Å². The van der Waals surface area contributed by atoms with Crippen LogP contribution >= 0.6 is 0 Å². The minimum absolute atomic E-state index is 0.492. The number of carbonyl (C=O) groups is 1. The third-order valence-corrected chi connectivity index (χ3v) is 61.7. The molecule has 0 aromatic heterocycles. The van der Waals surface area contributed by atoms with Gasteiger partial charge in [0.1, 0.15) is 0 Å². The summed E-state index contributed by atoms with van der Waals surface area (Å²) >= 11 is 0. The molecule has 10 aliphatic rings. The average Bonchev–Trinajstić information content (AvgIpc) is 3.54. The van der Waals surface area contributed by atoms with Crippen LogP contribution in [-0.2, 0) is 11.3 Å². The molecule has 5 atom stereocenters. The first-order chi connectivity index (χ1) is 11.6. The van der Waals surface area contributed by atoms with E-state index >= 15 is 0 Å². The van der Waals surface area contributed by atoms with Crippen LogP contribution in [0.2, 0.25) is 47.2 Å². The molecule has 0 saturated carbocycles. The Labute approximate surface area is 136 Å². The van der Waals surface area contributed by atoms with Gasteiger partial charge in [-0.2, -0.15) is 0 Å². The van der Waals surface area contributed by atoms with E-state index in [2.05, 4.69) is 6.92 Å². The molecule has 134 valence electrons. The summed E-state index contributed by atoms with van der Waals surface area (Å²) in [7, 11) is 0. The number of hydrogen-bond donors (Lipinski definition) is 0. The van der Waals surface area contributed by atoms with Gasteiger partial charge in [0, 0.05) is 0 Å². The molecule has 0 N–H and O–H groups in total. The van der Waals surface area contributed by atoms with Crippen LogP contribution in [0.4, 0.5) is 0 Å². The predicted molar refractivity (Wildman–Crippen MR) is 93.3 cm³/mol. The van der Waals surface area contributed by atoms with Gasteiger partial charge in [0.05, 0.1) is 0 Å². The second-order valence-electron chi connectivity index (χ2n) is 13.6. The number of carbonyl (C=O) groups excluding carboxylic acids is 1. The quantitative estimate of drug-likeness (QED) is 0.213. The van der Waals surface area contributed by atoms with Gasteiger partial charge in [0.2, 0.25) is 0 Å². The summed E-state index contributed by atoms with van der Waals surface area (Å²) in [5.41, 5.74) is 0. The number of rotatable bonds is 11. The fourth-order valence-corrected chi connectivity index (χ4v) is 96.4. The Kier molecular flexibility index (Phi) is 0.661. The van der Waals surface area contributed by atoms with E-state index in [9.17, 15) is 4.79 Å². The summed E-state index contributed by atoms with van der Waals surface area (Å²) in [6.45, 7) is -0.933. The SMILES string of the molecule is CCCCCCCCCCC[C]12[CH]3[CH]4[CH]5[C]1(C=O)[Fe]45321678[CH]2[CH]1[CH]6[CH]7[CH]28. The Bertz CT molecular complexity index is 1080. The van der Waals surface area contributed by atoms with Crippen molar-refractivity contribution in [3.05, 3.63) is 0 Å². The molecule has 10 saturated heterocycles. The van der Waals surface area contributed by atoms with Gasteiger partial charge in [-0.3, -0.25) is 0 Å². The second kappa shape index (κ2) is 1.34. The molecule has 10 fully saturated rings. The zero-order valence-electron chi connectivity index (χ0n) is 15.0. The van der Waals surface area contributed by atoms with E-state index in [1.54, 1.807) is 12.7 Å². The molecule has 0 aromatic carbocycles. The minimum atomic E-state index is -3.24. The molecule has 5 unspecified atom stereocenters. The van der Waals surface area contributed by atoms with Crippen molar-refractivity contribution in [2.45, 2.75) is 118 Å². The molecule has 24 heavy (non-hydrogen) atoms. The Hall–Kier alpha value is 0.189. The van der Waals surface area contributed by atoms with Crippen LogP contribution in [-0.4, -0.2) is 6.29 Å². The summed E-state index contributed by atoms with van der Waals surface area (Å²) in [6.07, 6.45) is 16.4. The molecule has 10 aliphatic heterocycles. The van der Waals surface area contributed by atoms with E-state index < -0.39 is 6.51 Å². The Balaban J connectivity index is 0.910. The van der Waals surface area contributed by atoms with Gasteiger partial charge in [-0.15, -0.1) is 0 Å². The normalized spacial score (nSPS) is 90.9. The van der Waals surface area contributed by atoms with Crippen LogP contribution < -0.4 is 0 Å². The van der Waals surface area contributed by atoms with Crippen molar-refractivity contribution >= 4 is 6.29 Å². The molecule has 0 aromatic rings. The molecule has 0 bridgehead atoms. The van der Waals surface area contributed by atoms with Crippen LogP contribution in [0.1, 0.15) is 71.1 Å². The van der Waals surface area contributed by atoms with Crippen molar-refractivity contribution < 1.29 is 11.3 Å². The average molecular weight is 368 g/mol. The van der Waals surface area contributed by atoms with Gasteiger partial charge < -0.3 is 0 Å². The molecular formula is C22H32FeO. The molecule has 10 heterocycles. The number of aldehydes is 1. The van der Waals surface area contributed by atoms with E-state index in [0.717, 1.165) is 9.13 Å². The van der Waals surface area contributed by atoms with Crippen LogP contribution in [0.5, 0.6) is 0 Å². The maximum atomic E-state index is 12.5. The monoisotopic (exact) mass is 368 g/mol. The van der Waals surface area contributed by atoms with Crippen molar-refractivity contribution in [1.82, 2.24) is 0 Å². The van der Waals surface area contributed by atoms with Gasteiger partial charge in [0.15, 0.2) is 0 Å². The van der Waals surface area contributed by atoms with E-state index in [-0.39, 0.29) is 0 Å². The second-order valence-corrected chi connectivity index (χ2v) is 37.0. The van der Waals surface area contributed by atoms with Crippen molar-refractivity contribution in [3.63, 3.8) is 0 Å².